The third-order valence-corrected chi connectivity index (χ3v) is 7.99. The Balaban J connectivity index is 1.36. The number of aromatic amines is 1. The summed E-state index contributed by atoms with van der Waals surface area (Å²) in [5.41, 5.74) is 4.67. The van der Waals surface area contributed by atoms with Gasteiger partial charge in [0.05, 0.1) is 36.4 Å². The van der Waals surface area contributed by atoms with Crippen molar-refractivity contribution < 1.29 is 14.6 Å². The quantitative estimate of drug-likeness (QED) is 0.266. The highest BCUT2D eigenvalue weighted by atomic mass is 79.9. The van der Waals surface area contributed by atoms with Crippen LogP contribution in [0.5, 0.6) is 5.75 Å². The standard InChI is InChI=1S/C27H22BrClN8O4/c1-35(27(39)40)23-11-24(41-2)18(10-19(23)28)20-12-30-26(32-20)22-6-4-16-7-14(8-25(38)37(16)22)17-9-15(29)3-5-21(17)36-13-31-33-34-36/h3,5,7-13,22H,4,6H2,1-2H3,(H,30,32)(H,39,40)/t22-/m0/s1. The van der Waals surface area contributed by atoms with E-state index in [0.29, 0.717) is 56.5 Å². The summed E-state index contributed by atoms with van der Waals surface area (Å²) < 4.78 is 9.43. The molecule has 6 rings (SSSR count). The van der Waals surface area contributed by atoms with E-state index in [1.807, 2.05) is 12.1 Å². The van der Waals surface area contributed by atoms with E-state index in [1.54, 1.807) is 41.1 Å². The van der Waals surface area contributed by atoms with Crippen LogP contribution in [-0.4, -0.2) is 60.1 Å². The van der Waals surface area contributed by atoms with Crippen LogP contribution < -0.4 is 15.2 Å². The van der Waals surface area contributed by atoms with Crippen molar-refractivity contribution in [2.24, 2.45) is 0 Å². The lowest BCUT2D eigenvalue weighted by molar-refractivity contribution is 0.203. The fraction of sp³-hybridized carbons (Fsp3) is 0.185. The van der Waals surface area contributed by atoms with Gasteiger partial charge in [0.25, 0.3) is 5.56 Å². The summed E-state index contributed by atoms with van der Waals surface area (Å²) in [6.45, 7) is 0. The molecule has 12 nitrogen and oxygen atoms in total. The van der Waals surface area contributed by atoms with E-state index in [-0.39, 0.29) is 11.6 Å². The highest BCUT2D eigenvalue weighted by Gasteiger charge is 2.29. The number of carbonyl (C=O) groups is 1. The zero-order valence-electron chi connectivity index (χ0n) is 21.7. The van der Waals surface area contributed by atoms with E-state index >= 15 is 0 Å². The Morgan fingerprint density at radius 2 is 2.05 bits per heavy atom. The molecule has 14 heteroatoms. The van der Waals surface area contributed by atoms with Crippen LogP contribution in [-0.2, 0) is 6.42 Å². The van der Waals surface area contributed by atoms with Crippen molar-refractivity contribution in [2.45, 2.75) is 18.9 Å². The van der Waals surface area contributed by atoms with Gasteiger partial charge in [-0.25, -0.2) is 9.78 Å². The summed E-state index contributed by atoms with van der Waals surface area (Å²) in [7, 11) is 2.97. The second-order valence-corrected chi connectivity index (χ2v) is 10.7. The van der Waals surface area contributed by atoms with Crippen molar-refractivity contribution in [2.75, 3.05) is 19.1 Å². The van der Waals surface area contributed by atoms with Gasteiger partial charge in [-0.1, -0.05) is 11.6 Å². The predicted molar refractivity (Wildman–Crippen MR) is 155 cm³/mol. The van der Waals surface area contributed by atoms with E-state index in [2.05, 4.69) is 41.4 Å². The fourth-order valence-electron chi connectivity index (χ4n) is 5.15. The molecule has 41 heavy (non-hydrogen) atoms. The summed E-state index contributed by atoms with van der Waals surface area (Å²) in [5.74, 6) is 1.11. The number of H-pyrrole nitrogens is 1. The van der Waals surface area contributed by atoms with Gasteiger partial charge in [-0.2, -0.15) is 4.68 Å². The van der Waals surface area contributed by atoms with Gasteiger partial charge < -0.3 is 19.4 Å². The number of halogens is 2. The van der Waals surface area contributed by atoms with Crippen molar-refractivity contribution in [3.63, 3.8) is 0 Å². The second-order valence-electron chi connectivity index (χ2n) is 9.44. The number of anilines is 1. The second kappa shape index (κ2) is 10.5. The molecule has 0 bridgehead atoms. The highest BCUT2D eigenvalue weighted by Crippen LogP contribution is 2.40. The van der Waals surface area contributed by atoms with Gasteiger partial charge in [0.2, 0.25) is 0 Å². The molecule has 1 aliphatic heterocycles. The number of benzene rings is 2. The molecule has 0 radical (unpaired) electrons. The first-order valence-corrected chi connectivity index (χ1v) is 13.6. The number of imidazole rings is 1. The Labute approximate surface area is 246 Å². The number of fused-ring (bicyclic) bond motifs is 1. The van der Waals surface area contributed by atoms with Crippen LogP contribution in [0.2, 0.25) is 5.02 Å². The number of aromatic nitrogens is 7. The number of nitrogens with zero attached hydrogens (tertiary/aromatic N) is 7. The van der Waals surface area contributed by atoms with Crippen LogP contribution >= 0.6 is 27.5 Å². The molecule has 1 amide bonds. The molecular weight excluding hydrogens is 616 g/mol. The van der Waals surface area contributed by atoms with Crippen LogP contribution in [0.4, 0.5) is 10.5 Å². The minimum atomic E-state index is -1.10. The lowest BCUT2D eigenvalue weighted by Gasteiger charge is -2.18. The molecular formula is C27H22BrClN8O4. The van der Waals surface area contributed by atoms with Gasteiger partial charge >= 0.3 is 6.09 Å². The topological polar surface area (TPSA) is 144 Å². The summed E-state index contributed by atoms with van der Waals surface area (Å²) in [5, 5.41) is 21.4. The lowest BCUT2D eigenvalue weighted by atomic mass is 10.0. The molecule has 0 fully saturated rings. The maximum atomic E-state index is 13.5. The number of tetrazole rings is 1. The van der Waals surface area contributed by atoms with E-state index in [9.17, 15) is 14.7 Å². The molecule has 0 aliphatic carbocycles. The average molecular weight is 638 g/mol. The molecule has 1 atom stereocenters. The third-order valence-electron chi connectivity index (χ3n) is 7.12. The SMILES string of the molecule is COc1cc(N(C)C(=O)O)c(Br)cc1-c1cnc([C@@H]2CCc3cc(-c4cc(Cl)ccc4-n4cnnn4)cc(=O)n32)[nH]1. The van der Waals surface area contributed by atoms with E-state index < -0.39 is 6.09 Å². The summed E-state index contributed by atoms with van der Waals surface area (Å²) in [6.07, 6.45) is 3.44. The number of pyridine rings is 1. The Kier molecular flexibility index (Phi) is 6.83. The molecule has 5 aromatic rings. The number of hydrogen-bond donors (Lipinski definition) is 2. The smallest absolute Gasteiger partial charge is 0.411 e. The van der Waals surface area contributed by atoms with Gasteiger partial charge in [-0.05, 0) is 75.1 Å². The first-order chi connectivity index (χ1) is 19.7. The zero-order valence-corrected chi connectivity index (χ0v) is 24.1. The van der Waals surface area contributed by atoms with Crippen molar-refractivity contribution >= 4 is 39.3 Å². The van der Waals surface area contributed by atoms with Gasteiger partial charge in [-0.15, -0.1) is 5.10 Å². The maximum absolute atomic E-state index is 13.5. The van der Waals surface area contributed by atoms with Crippen molar-refractivity contribution in [1.29, 1.82) is 0 Å². The fourth-order valence-corrected chi connectivity index (χ4v) is 5.93. The number of amides is 1. The Morgan fingerprint density at radius 3 is 2.78 bits per heavy atom. The minimum Gasteiger partial charge on any atom is -0.496 e. The van der Waals surface area contributed by atoms with Crippen molar-refractivity contribution in [1.82, 2.24) is 34.7 Å². The van der Waals surface area contributed by atoms with Gasteiger partial charge in [0.15, 0.2) is 0 Å². The normalized spacial score (nSPS) is 14.2. The van der Waals surface area contributed by atoms with Gasteiger partial charge in [0.1, 0.15) is 17.9 Å². The van der Waals surface area contributed by atoms with Crippen molar-refractivity contribution in [3.8, 4) is 33.8 Å². The predicted octanol–water partition coefficient (Wildman–Crippen LogP) is 4.96. The summed E-state index contributed by atoms with van der Waals surface area (Å²) in [6, 6.07) is 12.1. The highest BCUT2D eigenvalue weighted by molar-refractivity contribution is 9.10. The van der Waals surface area contributed by atoms with E-state index in [4.69, 9.17) is 16.3 Å². The van der Waals surface area contributed by atoms with Crippen LogP contribution in [0.1, 0.15) is 24.0 Å². The Bertz CT molecular complexity index is 1850. The number of aryl methyl sites for hydroxylation is 1. The van der Waals surface area contributed by atoms with Gasteiger partial charge in [0, 0.05) is 45.5 Å². The molecule has 0 saturated heterocycles. The van der Waals surface area contributed by atoms with Crippen molar-refractivity contribution in [3.05, 3.63) is 86.4 Å². The third kappa shape index (κ3) is 4.76. The summed E-state index contributed by atoms with van der Waals surface area (Å²) in [4.78, 5) is 34.0. The van der Waals surface area contributed by atoms with E-state index in [0.717, 1.165) is 21.7 Å². The molecule has 0 unspecified atom stereocenters. The van der Waals surface area contributed by atoms with Gasteiger partial charge in [-0.3, -0.25) is 9.69 Å². The number of hydrogen-bond acceptors (Lipinski definition) is 7. The first-order valence-electron chi connectivity index (χ1n) is 12.4. The number of nitrogens with one attached hydrogen (secondary N) is 1. The number of methoxy groups -OCH3 is 1. The first kappa shape index (κ1) is 26.7. The lowest BCUT2D eigenvalue weighted by Crippen LogP contribution is -2.24. The van der Waals surface area contributed by atoms with Crippen LogP contribution in [0, 0.1) is 0 Å². The monoisotopic (exact) mass is 636 g/mol. The largest absolute Gasteiger partial charge is 0.496 e. The maximum Gasteiger partial charge on any atom is 0.411 e. The molecule has 0 spiro atoms. The zero-order chi connectivity index (χ0) is 28.8. The number of rotatable bonds is 6. The molecule has 3 aromatic heterocycles. The Hall–Kier alpha value is -4.49. The molecule has 2 aromatic carbocycles. The van der Waals surface area contributed by atoms with Crippen LogP contribution in [0.3, 0.4) is 0 Å². The molecule has 1 aliphatic rings. The average Bonchev–Trinajstić information content (AvgIpc) is 3.73. The van der Waals surface area contributed by atoms with E-state index in [1.165, 1.54) is 25.2 Å². The Morgan fingerprint density at radius 1 is 1.22 bits per heavy atom. The molecule has 4 heterocycles. The number of ether oxygens (including phenoxy) is 1. The molecule has 208 valence electrons. The summed E-state index contributed by atoms with van der Waals surface area (Å²) >= 11 is 9.78. The molecule has 0 saturated carbocycles. The van der Waals surface area contributed by atoms with Crippen LogP contribution in [0.15, 0.2) is 64.3 Å². The van der Waals surface area contributed by atoms with Crippen LogP contribution in [0.25, 0.3) is 28.1 Å². The minimum absolute atomic E-state index is 0.165. The number of carboxylic acid groups (broad SMARTS) is 1. The molecule has 2 N–H and O–H groups in total.